The number of unbranched alkanes of at least 4 members (excludes halogenated alkanes) is 1. The third kappa shape index (κ3) is 3.75. The van der Waals surface area contributed by atoms with Crippen LogP contribution in [0.1, 0.15) is 45.6 Å². The lowest BCUT2D eigenvalue weighted by molar-refractivity contribution is -0.138. The van der Waals surface area contributed by atoms with Gasteiger partial charge >= 0.3 is 5.97 Å². The molecule has 0 bridgehead atoms. The molecule has 1 aromatic carbocycles. The molecule has 1 N–H and O–H groups in total. The van der Waals surface area contributed by atoms with Crippen LogP contribution in [0.15, 0.2) is 40.9 Å². The van der Waals surface area contributed by atoms with Crippen molar-refractivity contribution in [3.8, 4) is 0 Å². The zero-order chi connectivity index (χ0) is 15.9. The molecule has 1 aliphatic heterocycles. The molecule has 1 atom stereocenters. The van der Waals surface area contributed by atoms with Crippen molar-refractivity contribution in [3.05, 3.63) is 41.5 Å². The number of esters is 1. The van der Waals surface area contributed by atoms with E-state index in [4.69, 9.17) is 4.74 Å². The lowest BCUT2D eigenvalue weighted by atomic mass is 9.99. The third-order valence-corrected chi connectivity index (χ3v) is 3.63. The fourth-order valence-electron chi connectivity index (χ4n) is 2.54. The summed E-state index contributed by atoms with van der Waals surface area (Å²) in [7, 11) is 0. The molecular weight excluding hydrogens is 276 g/mol. The van der Waals surface area contributed by atoms with Gasteiger partial charge in [-0.25, -0.2) is 4.79 Å². The molecule has 0 aliphatic carbocycles. The molecular formula is C18H24N2O2. The van der Waals surface area contributed by atoms with Crippen molar-refractivity contribution in [1.82, 2.24) is 5.32 Å². The summed E-state index contributed by atoms with van der Waals surface area (Å²) in [5.74, 6) is 0.654. The van der Waals surface area contributed by atoms with Gasteiger partial charge in [0.15, 0.2) is 0 Å². The zero-order valence-electron chi connectivity index (χ0n) is 13.6. The summed E-state index contributed by atoms with van der Waals surface area (Å²) in [6, 6.07) is 9.70. The van der Waals surface area contributed by atoms with Crippen molar-refractivity contribution in [3.63, 3.8) is 0 Å². The van der Waals surface area contributed by atoms with Gasteiger partial charge in [-0.1, -0.05) is 43.7 Å². The molecule has 0 aromatic heterocycles. The van der Waals surface area contributed by atoms with E-state index < -0.39 is 0 Å². The third-order valence-electron chi connectivity index (χ3n) is 3.63. The SMILES string of the molecule is CCCCC1=NC(C)C(C(=O)OCC)=C(c2ccccc2)N1. The van der Waals surface area contributed by atoms with E-state index in [-0.39, 0.29) is 12.0 Å². The number of nitrogens with zero attached hydrogens (tertiary/aromatic N) is 1. The summed E-state index contributed by atoms with van der Waals surface area (Å²) in [5.41, 5.74) is 2.42. The maximum absolute atomic E-state index is 12.3. The number of nitrogens with one attached hydrogen (secondary N) is 1. The maximum Gasteiger partial charge on any atom is 0.338 e. The highest BCUT2D eigenvalue weighted by atomic mass is 16.5. The standard InChI is InChI=1S/C18H24N2O2/c1-4-6-12-15-19-13(3)16(18(21)22-5-2)17(20-15)14-10-8-7-9-11-14/h7-11,13H,4-6,12H2,1-3H3,(H,19,20). The molecule has 1 heterocycles. The van der Waals surface area contributed by atoms with Crippen LogP contribution in [0.5, 0.6) is 0 Å². The average Bonchev–Trinajstić information content (AvgIpc) is 2.53. The number of hydrogen-bond donors (Lipinski definition) is 1. The average molecular weight is 300 g/mol. The predicted molar refractivity (Wildman–Crippen MR) is 89.6 cm³/mol. The van der Waals surface area contributed by atoms with Gasteiger partial charge in [-0.3, -0.25) is 4.99 Å². The molecule has 0 saturated carbocycles. The Hall–Kier alpha value is -2.10. The quantitative estimate of drug-likeness (QED) is 0.818. The first-order valence-corrected chi connectivity index (χ1v) is 7.97. The molecule has 1 aliphatic rings. The molecule has 4 heteroatoms. The van der Waals surface area contributed by atoms with Gasteiger partial charge in [0.25, 0.3) is 0 Å². The summed E-state index contributed by atoms with van der Waals surface area (Å²) < 4.78 is 5.21. The highest BCUT2D eigenvalue weighted by Crippen LogP contribution is 2.25. The van der Waals surface area contributed by atoms with Crippen molar-refractivity contribution in [2.75, 3.05) is 6.61 Å². The summed E-state index contributed by atoms with van der Waals surface area (Å²) in [6.07, 6.45) is 3.09. The van der Waals surface area contributed by atoms with E-state index in [0.29, 0.717) is 12.2 Å². The van der Waals surface area contributed by atoms with Crippen molar-refractivity contribution >= 4 is 17.5 Å². The minimum atomic E-state index is -0.292. The Morgan fingerprint density at radius 1 is 1.27 bits per heavy atom. The molecule has 1 aromatic rings. The fraction of sp³-hybridized carbons (Fsp3) is 0.444. The number of benzene rings is 1. The second-order valence-electron chi connectivity index (χ2n) is 5.36. The minimum Gasteiger partial charge on any atom is -0.463 e. The van der Waals surface area contributed by atoms with Crippen LogP contribution in [0.4, 0.5) is 0 Å². The van der Waals surface area contributed by atoms with Crippen molar-refractivity contribution in [2.24, 2.45) is 4.99 Å². The van der Waals surface area contributed by atoms with Gasteiger partial charge in [-0.2, -0.15) is 0 Å². The van der Waals surface area contributed by atoms with Crippen LogP contribution < -0.4 is 5.32 Å². The van der Waals surface area contributed by atoms with Crippen LogP contribution in [0.2, 0.25) is 0 Å². The first-order chi connectivity index (χ1) is 10.7. The van der Waals surface area contributed by atoms with Crippen LogP contribution in [0.3, 0.4) is 0 Å². The normalized spacial score (nSPS) is 17.8. The molecule has 0 saturated heterocycles. The highest BCUT2D eigenvalue weighted by molar-refractivity contribution is 6.05. The van der Waals surface area contributed by atoms with Gasteiger partial charge in [0.1, 0.15) is 5.84 Å². The number of carbonyl (C=O) groups is 1. The maximum atomic E-state index is 12.3. The molecule has 0 fully saturated rings. The number of amidine groups is 1. The van der Waals surface area contributed by atoms with Crippen molar-refractivity contribution < 1.29 is 9.53 Å². The second kappa shape index (κ2) is 7.78. The van der Waals surface area contributed by atoms with Gasteiger partial charge in [0.2, 0.25) is 0 Å². The topological polar surface area (TPSA) is 50.7 Å². The number of hydrogen-bond acceptors (Lipinski definition) is 4. The van der Waals surface area contributed by atoms with Gasteiger partial charge in [-0.05, 0) is 25.8 Å². The largest absolute Gasteiger partial charge is 0.463 e. The van der Waals surface area contributed by atoms with E-state index in [1.54, 1.807) is 0 Å². The van der Waals surface area contributed by atoms with Gasteiger partial charge in [0.05, 0.1) is 23.9 Å². The Morgan fingerprint density at radius 3 is 2.64 bits per heavy atom. The van der Waals surface area contributed by atoms with Crippen LogP contribution in [0.25, 0.3) is 5.70 Å². The van der Waals surface area contributed by atoms with Crippen LogP contribution in [-0.4, -0.2) is 24.5 Å². The Bertz CT molecular complexity index is 576. The number of aliphatic imine (C=N–C) groups is 1. The van der Waals surface area contributed by atoms with E-state index in [0.717, 1.165) is 36.4 Å². The molecule has 0 radical (unpaired) electrons. The van der Waals surface area contributed by atoms with E-state index in [1.807, 2.05) is 44.2 Å². The van der Waals surface area contributed by atoms with Crippen LogP contribution in [0, 0.1) is 0 Å². The molecule has 0 amide bonds. The molecule has 22 heavy (non-hydrogen) atoms. The Kier molecular flexibility index (Phi) is 5.75. The van der Waals surface area contributed by atoms with E-state index >= 15 is 0 Å². The predicted octanol–water partition coefficient (Wildman–Crippen LogP) is 3.54. The van der Waals surface area contributed by atoms with Crippen molar-refractivity contribution in [1.29, 1.82) is 0 Å². The van der Waals surface area contributed by atoms with Gasteiger partial charge in [-0.15, -0.1) is 0 Å². The lowest BCUT2D eigenvalue weighted by Crippen LogP contribution is -2.34. The second-order valence-corrected chi connectivity index (χ2v) is 5.36. The highest BCUT2D eigenvalue weighted by Gasteiger charge is 2.28. The Morgan fingerprint density at radius 2 is 2.00 bits per heavy atom. The molecule has 118 valence electrons. The summed E-state index contributed by atoms with van der Waals surface area (Å²) in [5, 5.41) is 3.35. The first-order valence-electron chi connectivity index (χ1n) is 7.97. The van der Waals surface area contributed by atoms with Gasteiger partial charge in [0, 0.05) is 6.42 Å². The number of ether oxygens (including phenoxy) is 1. The van der Waals surface area contributed by atoms with Gasteiger partial charge < -0.3 is 10.1 Å². The summed E-state index contributed by atoms with van der Waals surface area (Å²) >= 11 is 0. The Balaban J connectivity index is 2.37. The van der Waals surface area contributed by atoms with Crippen molar-refractivity contribution in [2.45, 2.75) is 46.1 Å². The van der Waals surface area contributed by atoms with E-state index in [9.17, 15) is 4.79 Å². The Labute approximate surface area is 132 Å². The number of carbonyl (C=O) groups excluding carboxylic acids is 1. The summed E-state index contributed by atoms with van der Waals surface area (Å²) in [4.78, 5) is 17.0. The number of rotatable bonds is 6. The first kappa shape index (κ1) is 16.3. The lowest BCUT2D eigenvalue weighted by Gasteiger charge is -2.25. The van der Waals surface area contributed by atoms with E-state index in [1.165, 1.54) is 0 Å². The van der Waals surface area contributed by atoms with Crippen LogP contribution in [-0.2, 0) is 9.53 Å². The van der Waals surface area contributed by atoms with Crippen LogP contribution >= 0.6 is 0 Å². The molecule has 4 nitrogen and oxygen atoms in total. The van der Waals surface area contributed by atoms with E-state index in [2.05, 4.69) is 17.2 Å². The molecule has 0 spiro atoms. The molecule has 1 unspecified atom stereocenters. The zero-order valence-corrected chi connectivity index (χ0v) is 13.6. The summed E-state index contributed by atoms with van der Waals surface area (Å²) in [6.45, 7) is 6.29. The molecule has 2 rings (SSSR count). The monoisotopic (exact) mass is 300 g/mol. The fourth-order valence-corrected chi connectivity index (χ4v) is 2.54. The minimum absolute atomic E-state index is 0.192. The smallest absolute Gasteiger partial charge is 0.338 e.